The Hall–Kier alpha value is -0.294. The molecule has 1 aromatic rings. The van der Waals surface area contributed by atoms with Crippen LogP contribution in [0.3, 0.4) is 0 Å². The van der Waals surface area contributed by atoms with Crippen LogP contribution in [0.4, 0.5) is 0 Å². The average molecular weight is 439 g/mol. The Balaban J connectivity index is 0.00000729. The maximum atomic E-state index is 12.2. The fraction of sp³-hybridized carbons (Fsp3) is 0.579. The number of hydrogen-bond donors (Lipinski definition) is 0. The first-order valence-electron chi connectivity index (χ1n) is 9.22. The van der Waals surface area contributed by atoms with Gasteiger partial charge in [-0.1, -0.05) is 57.6 Å². The van der Waals surface area contributed by atoms with E-state index in [-0.39, 0.29) is 69.1 Å². The van der Waals surface area contributed by atoms with E-state index in [2.05, 4.69) is 6.92 Å². The quantitative estimate of drug-likeness (QED) is 0.189. The molecule has 0 fully saturated rings. The van der Waals surface area contributed by atoms with E-state index in [0.717, 1.165) is 19.3 Å². The number of unbranched alkanes of at least 4 members (excludes halogenated alkanes) is 6. The van der Waals surface area contributed by atoms with Crippen LogP contribution in [0.25, 0.3) is 0 Å². The molecule has 0 bridgehead atoms. The van der Waals surface area contributed by atoms with Crippen LogP contribution in [0.5, 0.6) is 0 Å². The average Bonchev–Trinajstić information content (AvgIpc) is 2.62. The van der Waals surface area contributed by atoms with Crippen molar-refractivity contribution in [1.82, 2.24) is 0 Å². The Morgan fingerprint density at radius 2 is 1.32 bits per heavy atom. The summed E-state index contributed by atoms with van der Waals surface area (Å²) < 4.78 is 41.6. The standard InChI is InChI=1S/C19H28O7S.K/c1-2-3-4-5-6-7-10-13-25-18(20)16-11-8-9-12-17(16)19(21)26-14-15-27(22,23)24;/h8-9,11-12H,2-7,10,13-15H2,1H3,(H,22,23,24);/q;+1/p-1. The fourth-order valence-corrected chi connectivity index (χ4v) is 2.74. The fourth-order valence-electron chi connectivity index (χ4n) is 2.46. The van der Waals surface area contributed by atoms with E-state index in [9.17, 15) is 22.6 Å². The predicted molar refractivity (Wildman–Crippen MR) is 99.6 cm³/mol. The second-order valence-corrected chi connectivity index (χ2v) is 7.72. The second-order valence-electron chi connectivity index (χ2n) is 6.20. The smallest absolute Gasteiger partial charge is 0.748 e. The molecule has 0 heterocycles. The largest absolute Gasteiger partial charge is 1.00 e. The van der Waals surface area contributed by atoms with Crippen molar-refractivity contribution in [3.05, 3.63) is 35.4 Å². The Morgan fingerprint density at radius 3 is 1.82 bits per heavy atom. The Morgan fingerprint density at radius 1 is 0.857 bits per heavy atom. The SMILES string of the molecule is CCCCCCCCCOC(=O)c1ccccc1C(=O)OCCS(=O)(=O)[O-].[K+]. The third-order valence-corrected chi connectivity index (χ3v) is 4.58. The minimum Gasteiger partial charge on any atom is -0.748 e. The van der Waals surface area contributed by atoms with Gasteiger partial charge in [0.1, 0.15) is 6.61 Å². The van der Waals surface area contributed by atoms with Crippen LogP contribution in [0.2, 0.25) is 0 Å². The van der Waals surface area contributed by atoms with Crippen molar-refractivity contribution >= 4 is 22.1 Å². The van der Waals surface area contributed by atoms with Crippen molar-refractivity contribution in [2.45, 2.75) is 51.9 Å². The summed E-state index contributed by atoms with van der Waals surface area (Å²) in [7, 11) is -4.47. The molecule has 0 unspecified atom stereocenters. The third kappa shape index (κ3) is 12.3. The molecule has 0 aliphatic carbocycles. The first-order chi connectivity index (χ1) is 12.8. The van der Waals surface area contributed by atoms with E-state index < -0.39 is 34.4 Å². The molecule has 0 N–H and O–H groups in total. The van der Waals surface area contributed by atoms with Crippen molar-refractivity contribution in [3.8, 4) is 0 Å². The summed E-state index contributed by atoms with van der Waals surface area (Å²) in [6.45, 7) is 1.87. The van der Waals surface area contributed by atoms with Crippen LogP contribution in [-0.4, -0.2) is 43.9 Å². The van der Waals surface area contributed by atoms with Crippen molar-refractivity contribution in [2.24, 2.45) is 0 Å². The van der Waals surface area contributed by atoms with Crippen LogP contribution in [0.15, 0.2) is 24.3 Å². The first-order valence-corrected chi connectivity index (χ1v) is 10.8. The molecule has 9 heteroatoms. The van der Waals surface area contributed by atoms with Crippen molar-refractivity contribution in [3.63, 3.8) is 0 Å². The Labute approximate surface area is 209 Å². The molecule has 0 radical (unpaired) electrons. The third-order valence-electron chi connectivity index (χ3n) is 3.91. The van der Waals surface area contributed by atoms with Gasteiger partial charge in [-0.2, -0.15) is 0 Å². The molecule has 0 atom stereocenters. The number of hydrogen-bond acceptors (Lipinski definition) is 7. The maximum absolute atomic E-state index is 12.2. The topological polar surface area (TPSA) is 110 Å². The summed E-state index contributed by atoms with van der Waals surface area (Å²) in [5, 5.41) is 0. The zero-order chi connectivity index (χ0) is 20.1. The van der Waals surface area contributed by atoms with Crippen LogP contribution < -0.4 is 51.4 Å². The molecule has 0 saturated heterocycles. The molecule has 7 nitrogen and oxygen atoms in total. The Kier molecular flexibility index (Phi) is 15.4. The van der Waals surface area contributed by atoms with Gasteiger partial charge in [0.05, 0.1) is 33.6 Å². The van der Waals surface area contributed by atoms with E-state index in [1.807, 2.05) is 0 Å². The molecule has 0 amide bonds. The predicted octanol–water partition coefficient (Wildman–Crippen LogP) is 0.300. The minimum atomic E-state index is -4.47. The molecule has 1 aromatic carbocycles. The van der Waals surface area contributed by atoms with Crippen molar-refractivity contribution in [2.75, 3.05) is 19.0 Å². The van der Waals surface area contributed by atoms with Gasteiger partial charge in [-0.05, 0) is 18.6 Å². The summed E-state index contributed by atoms with van der Waals surface area (Å²) in [6, 6.07) is 5.96. The van der Waals surface area contributed by atoms with Crippen LogP contribution in [0.1, 0.15) is 72.6 Å². The first kappa shape index (κ1) is 27.7. The van der Waals surface area contributed by atoms with Crippen LogP contribution in [-0.2, 0) is 19.6 Å². The molecule has 0 aromatic heterocycles. The van der Waals surface area contributed by atoms with Gasteiger partial charge in [0.2, 0.25) is 0 Å². The summed E-state index contributed by atoms with van der Waals surface area (Å²) in [4.78, 5) is 24.2. The zero-order valence-corrected chi connectivity index (χ0v) is 20.6. The summed E-state index contributed by atoms with van der Waals surface area (Å²) in [5.41, 5.74) is 0.0285. The molecular formula is C19H27KO7S. The van der Waals surface area contributed by atoms with Crippen LogP contribution >= 0.6 is 0 Å². The van der Waals surface area contributed by atoms with E-state index in [1.54, 1.807) is 12.1 Å². The van der Waals surface area contributed by atoms with Gasteiger partial charge in [0.15, 0.2) is 0 Å². The van der Waals surface area contributed by atoms with Crippen molar-refractivity contribution in [1.29, 1.82) is 0 Å². The molecule has 0 spiro atoms. The molecule has 1 rings (SSSR count). The number of rotatable bonds is 13. The monoisotopic (exact) mass is 438 g/mol. The molecule has 152 valence electrons. The van der Waals surface area contributed by atoms with E-state index in [0.29, 0.717) is 0 Å². The van der Waals surface area contributed by atoms with Crippen LogP contribution in [0, 0.1) is 0 Å². The normalized spacial score (nSPS) is 10.8. The minimum absolute atomic E-state index is 0. The van der Waals surface area contributed by atoms with Crippen molar-refractivity contribution < 1.29 is 83.4 Å². The summed E-state index contributed by atoms with van der Waals surface area (Å²) in [6.07, 6.45) is 7.67. The molecular weight excluding hydrogens is 411 g/mol. The molecule has 0 aliphatic rings. The molecule has 0 saturated carbocycles. The van der Waals surface area contributed by atoms with Gasteiger partial charge in [-0.3, -0.25) is 0 Å². The number of carbonyl (C=O) groups is 2. The van der Waals surface area contributed by atoms with Gasteiger partial charge in [0.25, 0.3) is 0 Å². The molecule has 28 heavy (non-hydrogen) atoms. The van der Waals surface area contributed by atoms with E-state index in [4.69, 9.17) is 9.47 Å². The molecule has 0 aliphatic heterocycles. The Bertz CT molecular complexity index is 704. The maximum Gasteiger partial charge on any atom is 1.00 e. The summed E-state index contributed by atoms with van der Waals surface area (Å²) >= 11 is 0. The number of carbonyl (C=O) groups excluding carboxylic acids is 2. The van der Waals surface area contributed by atoms with E-state index in [1.165, 1.54) is 37.8 Å². The van der Waals surface area contributed by atoms with Gasteiger partial charge >= 0.3 is 63.3 Å². The van der Waals surface area contributed by atoms with Gasteiger partial charge < -0.3 is 14.0 Å². The van der Waals surface area contributed by atoms with Gasteiger partial charge in [0, 0.05) is 0 Å². The van der Waals surface area contributed by atoms with Gasteiger partial charge in [-0.25, -0.2) is 18.0 Å². The summed E-state index contributed by atoms with van der Waals surface area (Å²) in [5.74, 6) is -2.32. The second kappa shape index (κ2) is 15.5. The van der Waals surface area contributed by atoms with E-state index >= 15 is 0 Å². The number of benzene rings is 1. The zero-order valence-electron chi connectivity index (χ0n) is 16.6. The van der Waals surface area contributed by atoms with Gasteiger partial charge in [-0.15, -0.1) is 0 Å². The number of ether oxygens (including phenoxy) is 2. The number of esters is 2.